The van der Waals surface area contributed by atoms with Crippen molar-refractivity contribution in [1.82, 2.24) is 25.6 Å². The zero-order valence-corrected chi connectivity index (χ0v) is 26.4. The third kappa shape index (κ3) is 11.2. The van der Waals surface area contributed by atoms with Crippen molar-refractivity contribution < 1.29 is 14.4 Å². The molecule has 0 radical (unpaired) electrons. The monoisotopic (exact) mass is 615 g/mol. The summed E-state index contributed by atoms with van der Waals surface area (Å²) in [6, 6.07) is 8.77. The minimum atomic E-state index is -0.512. The second kappa shape index (κ2) is 18.8. The van der Waals surface area contributed by atoms with Crippen molar-refractivity contribution in [3.8, 4) is 0 Å². The van der Waals surface area contributed by atoms with E-state index in [0.717, 1.165) is 73.4 Å². The number of aromatic nitrogens is 3. The lowest BCUT2D eigenvalue weighted by Crippen LogP contribution is -2.48. The fourth-order valence-electron chi connectivity index (χ4n) is 4.89. The second-order valence-corrected chi connectivity index (χ2v) is 12.5. The minimum Gasteiger partial charge on any atom is -0.357 e. The van der Waals surface area contributed by atoms with Crippen LogP contribution in [0.25, 0.3) is 0 Å². The molecular formula is C30H45N7O3S2. The molecule has 1 aliphatic rings. The van der Waals surface area contributed by atoms with Gasteiger partial charge in [0.15, 0.2) is 0 Å². The van der Waals surface area contributed by atoms with Gasteiger partial charge in [0, 0.05) is 37.7 Å². The quantitative estimate of drug-likeness (QED) is 0.192. The molecule has 0 aliphatic carbocycles. The number of hydrogen-bond acceptors (Lipinski definition) is 9. The molecule has 2 heterocycles. The average Bonchev–Trinajstić information content (AvgIpc) is 3.61. The van der Waals surface area contributed by atoms with Gasteiger partial charge in [-0.05, 0) is 62.4 Å². The summed E-state index contributed by atoms with van der Waals surface area (Å²) in [7, 11) is 1.60. The molecule has 0 saturated heterocycles. The van der Waals surface area contributed by atoms with Gasteiger partial charge in [0.1, 0.15) is 17.1 Å². The number of carbonyl (C=O) groups is 3. The Kier molecular flexibility index (Phi) is 15.1. The first-order chi connectivity index (χ1) is 20.4. The minimum absolute atomic E-state index is 0.0304. The number of hydrogen-bond donors (Lipinski definition) is 3. The number of likely N-dealkylation sites (N-methyl/N-ethyl adjacent to an activating group) is 1. The van der Waals surface area contributed by atoms with Gasteiger partial charge in [0.05, 0.1) is 5.69 Å². The summed E-state index contributed by atoms with van der Waals surface area (Å²) in [6.45, 7) is 1.37. The number of aliphatic imine (C=N–C) groups is 1. The number of amides is 2. The summed E-state index contributed by atoms with van der Waals surface area (Å²) in [6.07, 6.45) is 12.2. The Hall–Kier alpha value is -2.70. The maximum Gasteiger partial charge on any atom is 0.242 e. The van der Waals surface area contributed by atoms with Crippen LogP contribution in [0.4, 0.5) is 0 Å². The molecule has 1 aliphatic heterocycles. The Bertz CT molecular complexity index is 1160. The van der Waals surface area contributed by atoms with Crippen molar-refractivity contribution >= 4 is 45.5 Å². The van der Waals surface area contributed by atoms with Crippen LogP contribution in [0, 0.1) is 5.92 Å². The molecule has 230 valence electrons. The molecule has 1 aromatic carbocycles. The van der Waals surface area contributed by atoms with E-state index >= 15 is 0 Å². The molecule has 0 bridgehead atoms. The molecule has 3 rings (SSSR count). The van der Waals surface area contributed by atoms with Gasteiger partial charge in [-0.2, -0.15) is 11.8 Å². The number of nitrogens with zero attached hydrogens (tertiary/aromatic N) is 4. The summed E-state index contributed by atoms with van der Waals surface area (Å²) < 4.78 is 1.80. The second-order valence-electron chi connectivity index (χ2n) is 10.6. The van der Waals surface area contributed by atoms with E-state index in [1.807, 2.05) is 42.8 Å². The normalized spacial score (nSPS) is 16.2. The number of carbonyl (C=O) groups excluding carboxylic acids is 3. The smallest absolute Gasteiger partial charge is 0.242 e. The summed E-state index contributed by atoms with van der Waals surface area (Å²) in [5, 5.41) is 15.0. The number of rotatable bonds is 20. The molecule has 0 unspecified atom stereocenters. The fraction of sp³-hybridized carbons (Fsp3) is 0.600. The molecule has 10 nitrogen and oxygen atoms in total. The van der Waals surface area contributed by atoms with E-state index in [9.17, 15) is 14.4 Å². The van der Waals surface area contributed by atoms with Crippen LogP contribution in [0.3, 0.4) is 0 Å². The largest absolute Gasteiger partial charge is 0.357 e. The third-order valence-corrected chi connectivity index (χ3v) is 8.96. The predicted molar refractivity (Wildman–Crippen MR) is 172 cm³/mol. The lowest BCUT2D eigenvalue weighted by atomic mass is 9.93. The van der Waals surface area contributed by atoms with Crippen LogP contribution in [0.15, 0.2) is 41.5 Å². The Labute approximate surface area is 257 Å². The van der Waals surface area contributed by atoms with Crippen LogP contribution in [0.2, 0.25) is 0 Å². The molecule has 4 N–H and O–H groups in total. The van der Waals surface area contributed by atoms with E-state index in [1.165, 1.54) is 11.8 Å². The van der Waals surface area contributed by atoms with E-state index < -0.39 is 12.1 Å². The van der Waals surface area contributed by atoms with E-state index in [-0.39, 0.29) is 22.8 Å². The van der Waals surface area contributed by atoms with Crippen molar-refractivity contribution in [3.05, 3.63) is 47.8 Å². The lowest BCUT2D eigenvalue weighted by Gasteiger charge is -2.22. The van der Waals surface area contributed by atoms with Gasteiger partial charge in [-0.25, -0.2) is 0 Å². The molecule has 0 saturated carbocycles. The van der Waals surface area contributed by atoms with Crippen LogP contribution in [-0.4, -0.2) is 74.7 Å². The maximum atomic E-state index is 13.2. The highest BCUT2D eigenvalue weighted by atomic mass is 32.2. The zero-order valence-electron chi connectivity index (χ0n) is 24.8. The van der Waals surface area contributed by atoms with E-state index in [1.54, 1.807) is 23.5 Å². The fourth-order valence-corrected chi connectivity index (χ4v) is 6.26. The highest BCUT2D eigenvalue weighted by molar-refractivity contribution is 8.27. The van der Waals surface area contributed by atoms with E-state index in [2.05, 4.69) is 25.9 Å². The standard InChI is InChI=1S/C30H45N7O3S2/c1-32-28(39)25(16-19-41-2)33-27(38)22(12-6-3-4-10-17-31)13-9-11-18-37-21-24(35-36-37)20-26-30(40)42-29(34-26)23-14-7-5-8-15-23/h5,7-8,14-15,21-22,25-26H,3-4,6,9-13,16-20,31H2,1-2H3,(H,32,39)(H,33,38)/t22-,25+,26+/m0/s1. The topological polar surface area (TPSA) is 144 Å². The Morgan fingerprint density at radius 3 is 2.50 bits per heavy atom. The molecule has 2 amide bonds. The number of unbranched alkanes of at least 4 members (excludes halogenated alkanes) is 4. The Morgan fingerprint density at radius 1 is 1.05 bits per heavy atom. The first kappa shape index (κ1) is 33.8. The SMILES string of the molecule is CNC(=O)[C@@H](CCSC)NC(=O)[C@@H](CCCCCCN)CCCCn1cc(C[C@H]2N=C(c3ccccc3)SC2=O)nn1. The number of nitrogens with one attached hydrogen (secondary N) is 2. The van der Waals surface area contributed by atoms with Gasteiger partial charge in [-0.3, -0.25) is 24.1 Å². The predicted octanol–water partition coefficient (Wildman–Crippen LogP) is 3.59. The Balaban J connectivity index is 1.49. The van der Waals surface area contributed by atoms with Gasteiger partial charge in [0.25, 0.3) is 0 Å². The van der Waals surface area contributed by atoms with Gasteiger partial charge in [-0.1, -0.05) is 61.2 Å². The van der Waals surface area contributed by atoms with E-state index in [0.29, 0.717) is 25.9 Å². The van der Waals surface area contributed by atoms with Crippen molar-refractivity contribution in [3.63, 3.8) is 0 Å². The van der Waals surface area contributed by atoms with Crippen molar-refractivity contribution in [2.75, 3.05) is 25.6 Å². The first-order valence-electron chi connectivity index (χ1n) is 14.9. The molecule has 1 aromatic heterocycles. The van der Waals surface area contributed by atoms with E-state index in [4.69, 9.17) is 5.73 Å². The molecule has 0 spiro atoms. The molecule has 42 heavy (non-hydrogen) atoms. The summed E-state index contributed by atoms with van der Waals surface area (Å²) in [5.41, 5.74) is 7.32. The summed E-state index contributed by atoms with van der Waals surface area (Å²) >= 11 is 2.85. The van der Waals surface area contributed by atoms with Crippen LogP contribution < -0.4 is 16.4 Å². The number of thioether (sulfide) groups is 2. The highest BCUT2D eigenvalue weighted by Crippen LogP contribution is 2.27. The van der Waals surface area contributed by atoms with Crippen LogP contribution >= 0.6 is 23.5 Å². The van der Waals surface area contributed by atoms with Crippen LogP contribution in [0.1, 0.15) is 69.0 Å². The number of nitrogens with two attached hydrogens (primary N) is 1. The van der Waals surface area contributed by atoms with Crippen LogP contribution in [-0.2, 0) is 27.3 Å². The molecule has 12 heteroatoms. The molecule has 2 aromatic rings. The zero-order chi connectivity index (χ0) is 30.2. The van der Waals surface area contributed by atoms with Crippen molar-refractivity contribution in [2.24, 2.45) is 16.6 Å². The first-order valence-corrected chi connectivity index (χ1v) is 17.1. The van der Waals surface area contributed by atoms with Crippen LogP contribution in [0.5, 0.6) is 0 Å². The molecule has 3 atom stereocenters. The maximum absolute atomic E-state index is 13.2. The van der Waals surface area contributed by atoms with Crippen molar-refractivity contribution in [2.45, 2.75) is 82.8 Å². The molecule has 0 fully saturated rings. The van der Waals surface area contributed by atoms with Crippen molar-refractivity contribution in [1.29, 1.82) is 0 Å². The van der Waals surface area contributed by atoms with Gasteiger partial charge < -0.3 is 16.4 Å². The number of aryl methyl sites for hydroxylation is 1. The Morgan fingerprint density at radius 2 is 1.79 bits per heavy atom. The average molecular weight is 616 g/mol. The molecular weight excluding hydrogens is 571 g/mol. The van der Waals surface area contributed by atoms with Gasteiger partial charge in [-0.15, -0.1) is 5.10 Å². The summed E-state index contributed by atoms with van der Waals surface area (Å²) in [5.74, 6) is 0.469. The van der Waals surface area contributed by atoms with Gasteiger partial charge >= 0.3 is 0 Å². The summed E-state index contributed by atoms with van der Waals surface area (Å²) in [4.78, 5) is 42.8. The number of benzene rings is 1. The highest BCUT2D eigenvalue weighted by Gasteiger charge is 2.29. The third-order valence-electron chi connectivity index (χ3n) is 7.31. The van der Waals surface area contributed by atoms with Gasteiger partial charge in [0.2, 0.25) is 16.9 Å². The lowest BCUT2D eigenvalue weighted by molar-refractivity contribution is -0.131.